The van der Waals surface area contributed by atoms with E-state index in [0.717, 1.165) is 37.2 Å². The van der Waals surface area contributed by atoms with Crippen molar-refractivity contribution < 1.29 is 9.18 Å². The van der Waals surface area contributed by atoms with E-state index in [1.54, 1.807) is 12.1 Å². The van der Waals surface area contributed by atoms with E-state index in [-0.39, 0.29) is 30.2 Å². The van der Waals surface area contributed by atoms with Crippen molar-refractivity contribution in [2.75, 3.05) is 25.0 Å². The minimum absolute atomic E-state index is 0. The second-order valence-electron chi connectivity index (χ2n) is 6.32. The number of hydrogen-bond acceptors (Lipinski definition) is 2. The molecule has 0 unspecified atom stereocenters. The average Bonchev–Trinajstić information content (AvgIpc) is 2.63. The predicted octanol–water partition coefficient (Wildman–Crippen LogP) is 2.97. The predicted molar refractivity (Wildman–Crippen MR) is 84.7 cm³/mol. The summed E-state index contributed by atoms with van der Waals surface area (Å²) < 4.78 is 13.7. The standard InChI is InChI=1S/C16H21FN2O.ClH/c1-11(2)19-14-5-4-12(17)10-13(14)16(15(19)20)6-8-18(3)9-7-16;/h4-5,10-11H,6-9H2,1-3H3;1H. The van der Waals surface area contributed by atoms with Crippen LogP contribution < -0.4 is 4.90 Å². The summed E-state index contributed by atoms with van der Waals surface area (Å²) in [6.07, 6.45) is 1.56. The number of rotatable bonds is 1. The van der Waals surface area contributed by atoms with Crippen molar-refractivity contribution in [1.82, 2.24) is 4.90 Å². The largest absolute Gasteiger partial charge is 0.309 e. The van der Waals surface area contributed by atoms with Gasteiger partial charge < -0.3 is 9.80 Å². The molecule has 0 saturated carbocycles. The number of benzene rings is 1. The Labute approximate surface area is 131 Å². The summed E-state index contributed by atoms with van der Waals surface area (Å²) in [5, 5.41) is 0. The van der Waals surface area contributed by atoms with Crippen LogP contribution in [-0.2, 0) is 10.2 Å². The lowest BCUT2D eigenvalue weighted by Crippen LogP contribution is -2.49. The third-order valence-corrected chi connectivity index (χ3v) is 4.72. The highest BCUT2D eigenvalue weighted by Gasteiger charge is 2.52. The zero-order valence-electron chi connectivity index (χ0n) is 12.7. The maximum Gasteiger partial charge on any atom is 0.238 e. The van der Waals surface area contributed by atoms with Crippen LogP contribution in [0.25, 0.3) is 0 Å². The van der Waals surface area contributed by atoms with Crippen LogP contribution in [0, 0.1) is 5.82 Å². The Hall–Kier alpha value is -1.13. The van der Waals surface area contributed by atoms with Crippen molar-refractivity contribution >= 4 is 24.0 Å². The molecule has 0 aromatic heterocycles. The van der Waals surface area contributed by atoms with Crippen LogP contribution in [-0.4, -0.2) is 37.0 Å². The van der Waals surface area contributed by atoms with Gasteiger partial charge in [0.2, 0.25) is 5.91 Å². The van der Waals surface area contributed by atoms with E-state index in [4.69, 9.17) is 0 Å². The quantitative estimate of drug-likeness (QED) is 0.796. The van der Waals surface area contributed by atoms with Crippen molar-refractivity contribution in [3.05, 3.63) is 29.6 Å². The van der Waals surface area contributed by atoms with Gasteiger partial charge in [-0.3, -0.25) is 4.79 Å². The van der Waals surface area contributed by atoms with Gasteiger partial charge in [0.1, 0.15) is 5.82 Å². The van der Waals surface area contributed by atoms with Crippen molar-refractivity contribution in [1.29, 1.82) is 0 Å². The molecule has 0 radical (unpaired) electrons. The summed E-state index contributed by atoms with van der Waals surface area (Å²) in [5.74, 6) is -0.0957. The molecule has 3 rings (SSSR count). The molecule has 0 N–H and O–H groups in total. The van der Waals surface area contributed by atoms with Gasteiger partial charge in [0.25, 0.3) is 0 Å². The highest BCUT2D eigenvalue weighted by molar-refractivity contribution is 6.08. The smallest absolute Gasteiger partial charge is 0.238 e. The van der Waals surface area contributed by atoms with E-state index >= 15 is 0 Å². The molecule has 2 heterocycles. The Kier molecular flexibility index (Phi) is 4.31. The summed E-state index contributed by atoms with van der Waals surface area (Å²) in [5.41, 5.74) is 1.29. The fourth-order valence-electron chi connectivity index (χ4n) is 3.55. The molecule has 5 heteroatoms. The van der Waals surface area contributed by atoms with E-state index in [2.05, 4.69) is 11.9 Å². The van der Waals surface area contributed by atoms with Gasteiger partial charge in [0.15, 0.2) is 0 Å². The van der Waals surface area contributed by atoms with E-state index in [1.807, 2.05) is 18.7 Å². The van der Waals surface area contributed by atoms with Gasteiger partial charge in [-0.05, 0) is 70.6 Å². The average molecular weight is 313 g/mol. The second kappa shape index (κ2) is 5.58. The third kappa shape index (κ3) is 2.34. The number of halogens is 2. The Morgan fingerprint density at radius 2 is 1.86 bits per heavy atom. The van der Waals surface area contributed by atoms with Gasteiger partial charge in [-0.25, -0.2) is 4.39 Å². The summed E-state index contributed by atoms with van der Waals surface area (Å²) >= 11 is 0. The lowest BCUT2D eigenvalue weighted by molar-refractivity contribution is -0.125. The van der Waals surface area contributed by atoms with Gasteiger partial charge in [-0.2, -0.15) is 0 Å². The molecule has 1 aromatic carbocycles. The third-order valence-electron chi connectivity index (χ3n) is 4.72. The molecular weight excluding hydrogens is 291 g/mol. The zero-order valence-corrected chi connectivity index (χ0v) is 13.5. The zero-order chi connectivity index (χ0) is 14.5. The Bertz CT molecular complexity index is 553. The van der Waals surface area contributed by atoms with Crippen LogP contribution in [0.4, 0.5) is 10.1 Å². The number of hydrogen-bond donors (Lipinski definition) is 0. The molecule has 21 heavy (non-hydrogen) atoms. The lowest BCUT2D eigenvalue weighted by Gasteiger charge is -2.37. The van der Waals surface area contributed by atoms with Crippen molar-refractivity contribution in [3.63, 3.8) is 0 Å². The van der Waals surface area contributed by atoms with Gasteiger partial charge >= 0.3 is 0 Å². The number of piperidine rings is 1. The maximum atomic E-state index is 13.7. The van der Waals surface area contributed by atoms with E-state index in [1.165, 1.54) is 6.07 Å². The van der Waals surface area contributed by atoms with E-state index in [9.17, 15) is 9.18 Å². The fraction of sp³-hybridized carbons (Fsp3) is 0.562. The molecule has 1 amide bonds. The fourth-order valence-corrected chi connectivity index (χ4v) is 3.55. The normalized spacial score (nSPS) is 20.8. The summed E-state index contributed by atoms with van der Waals surface area (Å²) in [6, 6.07) is 4.89. The van der Waals surface area contributed by atoms with Crippen LogP contribution in [0.3, 0.4) is 0 Å². The maximum absolute atomic E-state index is 13.7. The van der Waals surface area contributed by atoms with Crippen molar-refractivity contribution in [3.8, 4) is 0 Å². The summed E-state index contributed by atoms with van der Waals surface area (Å²) in [7, 11) is 2.07. The molecule has 3 nitrogen and oxygen atoms in total. The summed E-state index contributed by atoms with van der Waals surface area (Å²) in [6.45, 7) is 5.79. The number of fused-ring (bicyclic) bond motifs is 2. The van der Waals surface area contributed by atoms with E-state index < -0.39 is 5.41 Å². The molecule has 0 bridgehead atoms. The molecule has 116 valence electrons. The second-order valence-corrected chi connectivity index (χ2v) is 6.32. The molecule has 2 aliphatic heterocycles. The number of carbonyl (C=O) groups excluding carboxylic acids is 1. The Morgan fingerprint density at radius 3 is 2.43 bits per heavy atom. The molecule has 1 spiro atoms. The monoisotopic (exact) mass is 312 g/mol. The molecule has 1 saturated heterocycles. The first-order valence-corrected chi connectivity index (χ1v) is 7.28. The lowest BCUT2D eigenvalue weighted by atomic mass is 9.73. The van der Waals surface area contributed by atoms with Crippen molar-refractivity contribution in [2.45, 2.75) is 38.1 Å². The molecule has 1 fully saturated rings. The summed E-state index contributed by atoms with van der Waals surface area (Å²) in [4.78, 5) is 17.1. The van der Waals surface area contributed by atoms with Crippen LogP contribution >= 0.6 is 12.4 Å². The molecule has 1 aromatic rings. The first-order valence-electron chi connectivity index (χ1n) is 7.28. The van der Waals surface area contributed by atoms with Crippen LogP contribution in [0.5, 0.6) is 0 Å². The number of amides is 1. The Balaban J connectivity index is 0.00000161. The number of carbonyl (C=O) groups is 1. The first kappa shape index (κ1) is 16.2. The Morgan fingerprint density at radius 1 is 1.24 bits per heavy atom. The van der Waals surface area contributed by atoms with Crippen LogP contribution in [0.2, 0.25) is 0 Å². The van der Waals surface area contributed by atoms with Crippen molar-refractivity contribution in [2.24, 2.45) is 0 Å². The number of likely N-dealkylation sites (tertiary alicyclic amines) is 1. The molecule has 0 aliphatic carbocycles. The van der Waals surface area contributed by atoms with Gasteiger partial charge in [0, 0.05) is 11.7 Å². The minimum Gasteiger partial charge on any atom is -0.309 e. The first-order chi connectivity index (χ1) is 9.45. The minimum atomic E-state index is -0.506. The van der Waals surface area contributed by atoms with Gasteiger partial charge in [0.05, 0.1) is 5.41 Å². The van der Waals surface area contributed by atoms with Crippen LogP contribution in [0.15, 0.2) is 18.2 Å². The molecule has 0 atom stereocenters. The highest BCUT2D eigenvalue weighted by Crippen LogP contribution is 2.48. The van der Waals surface area contributed by atoms with Crippen LogP contribution in [0.1, 0.15) is 32.3 Å². The van der Waals surface area contributed by atoms with E-state index in [0.29, 0.717) is 0 Å². The number of nitrogens with zero attached hydrogens (tertiary/aromatic N) is 2. The van der Waals surface area contributed by atoms with Gasteiger partial charge in [-0.15, -0.1) is 12.4 Å². The highest BCUT2D eigenvalue weighted by atomic mass is 35.5. The topological polar surface area (TPSA) is 23.6 Å². The molecular formula is C16H22ClFN2O. The molecule has 2 aliphatic rings. The van der Waals surface area contributed by atoms with Gasteiger partial charge in [-0.1, -0.05) is 0 Å². The SMILES string of the molecule is CC(C)N1C(=O)C2(CCN(C)CC2)c2cc(F)ccc21.Cl. The number of anilines is 1.